The standard InChI is InChI=1S/C30H33N3O/c1-3-22-20-33(21-22)16-17-34-27-13-10-24(11-14-27)30(28(4-2)23-8-6-5-7-9-23)25-12-15-29-26(18-25)19-31-32-29/h5-15,18-19,22H,3-4,16-17,20-21H2,1-2H3,(H,31,32)/b30-28+. The Bertz CT molecular complexity index is 1250. The van der Waals surface area contributed by atoms with Crippen molar-refractivity contribution in [3.8, 4) is 5.75 Å². The molecule has 0 atom stereocenters. The van der Waals surface area contributed by atoms with Gasteiger partial charge in [-0.1, -0.05) is 68.8 Å². The van der Waals surface area contributed by atoms with Crippen molar-refractivity contribution in [2.45, 2.75) is 26.7 Å². The monoisotopic (exact) mass is 451 g/mol. The van der Waals surface area contributed by atoms with Crippen LogP contribution in [0.3, 0.4) is 0 Å². The summed E-state index contributed by atoms with van der Waals surface area (Å²) in [5.41, 5.74) is 7.30. The molecule has 4 nitrogen and oxygen atoms in total. The highest BCUT2D eigenvalue weighted by Gasteiger charge is 2.24. The van der Waals surface area contributed by atoms with E-state index in [-0.39, 0.29) is 0 Å². The Hall–Kier alpha value is -3.37. The number of hydrogen-bond acceptors (Lipinski definition) is 3. The Kier molecular flexibility index (Phi) is 6.77. The van der Waals surface area contributed by atoms with Crippen molar-refractivity contribution < 1.29 is 4.74 Å². The minimum absolute atomic E-state index is 0.736. The average molecular weight is 452 g/mol. The van der Waals surface area contributed by atoms with Crippen LogP contribution in [0.1, 0.15) is 43.4 Å². The van der Waals surface area contributed by atoms with Crippen LogP contribution in [0.5, 0.6) is 5.75 Å². The molecule has 4 heteroatoms. The lowest BCUT2D eigenvalue weighted by Crippen LogP contribution is -2.47. The summed E-state index contributed by atoms with van der Waals surface area (Å²) in [6, 6.07) is 25.8. The van der Waals surface area contributed by atoms with Gasteiger partial charge in [0.25, 0.3) is 0 Å². The zero-order valence-electron chi connectivity index (χ0n) is 20.1. The highest BCUT2D eigenvalue weighted by atomic mass is 16.5. The molecule has 5 rings (SSSR count). The van der Waals surface area contributed by atoms with Gasteiger partial charge in [0.05, 0.1) is 11.7 Å². The fourth-order valence-electron chi connectivity index (χ4n) is 4.91. The minimum Gasteiger partial charge on any atom is -0.492 e. The SMILES string of the molecule is CC/C(=C(/c1ccc(OCCN2CC(CC)C2)cc1)c1ccc2[nH]ncc2c1)c1ccccc1. The van der Waals surface area contributed by atoms with E-state index in [0.29, 0.717) is 0 Å². The van der Waals surface area contributed by atoms with Gasteiger partial charge in [0.2, 0.25) is 0 Å². The molecule has 0 amide bonds. The second-order valence-corrected chi connectivity index (χ2v) is 9.15. The molecule has 1 N–H and O–H groups in total. The summed E-state index contributed by atoms with van der Waals surface area (Å²) in [5, 5.41) is 8.39. The van der Waals surface area contributed by atoms with Gasteiger partial charge in [0.15, 0.2) is 0 Å². The average Bonchev–Trinajstić information content (AvgIpc) is 3.33. The van der Waals surface area contributed by atoms with E-state index in [4.69, 9.17) is 4.74 Å². The summed E-state index contributed by atoms with van der Waals surface area (Å²) in [4.78, 5) is 2.47. The van der Waals surface area contributed by atoms with E-state index in [9.17, 15) is 0 Å². The first-order chi connectivity index (χ1) is 16.7. The van der Waals surface area contributed by atoms with E-state index in [2.05, 4.69) is 102 Å². The van der Waals surface area contributed by atoms with Crippen LogP contribution < -0.4 is 4.74 Å². The van der Waals surface area contributed by atoms with Crippen LogP contribution >= 0.6 is 0 Å². The molecule has 0 bridgehead atoms. The molecule has 1 aliphatic rings. The lowest BCUT2D eigenvalue weighted by Gasteiger charge is -2.38. The first kappa shape index (κ1) is 22.4. The normalized spacial score (nSPS) is 15.2. The fraction of sp³-hybridized carbons (Fsp3) is 0.300. The number of aromatic amines is 1. The maximum atomic E-state index is 6.07. The smallest absolute Gasteiger partial charge is 0.119 e. The molecule has 1 fully saturated rings. The Morgan fingerprint density at radius 1 is 0.941 bits per heavy atom. The van der Waals surface area contributed by atoms with Crippen LogP contribution in [-0.4, -0.2) is 41.3 Å². The lowest BCUT2D eigenvalue weighted by molar-refractivity contribution is 0.0806. The van der Waals surface area contributed by atoms with Crippen LogP contribution in [-0.2, 0) is 0 Å². The van der Waals surface area contributed by atoms with E-state index in [0.717, 1.165) is 42.1 Å². The quantitative estimate of drug-likeness (QED) is 0.290. The maximum Gasteiger partial charge on any atom is 0.119 e. The molecule has 1 saturated heterocycles. The van der Waals surface area contributed by atoms with Gasteiger partial charge in [-0.05, 0) is 64.4 Å². The van der Waals surface area contributed by atoms with Crippen molar-refractivity contribution >= 4 is 22.0 Å². The molecule has 0 spiro atoms. The topological polar surface area (TPSA) is 41.1 Å². The summed E-state index contributed by atoms with van der Waals surface area (Å²) < 4.78 is 6.07. The van der Waals surface area contributed by atoms with Gasteiger partial charge in [-0.3, -0.25) is 10.00 Å². The summed E-state index contributed by atoms with van der Waals surface area (Å²) in [6.45, 7) is 8.68. The number of benzene rings is 3. The van der Waals surface area contributed by atoms with Gasteiger partial charge in [-0.25, -0.2) is 0 Å². The number of nitrogens with one attached hydrogen (secondary N) is 1. The number of rotatable bonds is 9. The lowest BCUT2D eigenvalue weighted by atomic mass is 9.88. The van der Waals surface area contributed by atoms with Crippen LogP contribution in [0.4, 0.5) is 0 Å². The Balaban J connectivity index is 1.43. The summed E-state index contributed by atoms with van der Waals surface area (Å²) in [7, 11) is 0. The van der Waals surface area contributed by atoms with E-state index in [1.807, 2.05) is 6.20 Å². The number of hydrogen-bond donors (Lipinski definition) is 1. The van der Waals surface area contributed by atoms with Crippen molar-refractivity contribution in [2.24, 2.45) is 5.92 Å². The van der Waals surface area contributed by atoms with Gasteiger partial charge in [0, 0.05) is 25.0 Å². The van der Waals surface area contributed by atoms with Gasteiger partial charge in [0.1, 0.15) is 12.4 Å². The number of nitrogens with zero attached hydrogens (tertiary/aromatic N) is 2. The van der Waals surface area contributed by atoms with Crippen molar-refractivity contribution in [2.75, 3.05) is 26.2 Å². The molecule has 1 aliphatic heterocycles. The molecule has 3 aromatic carbocycles. The Labute approximate surface area is 202 Å². The minimum atomic E-state index is 0.736. The van der Waals surface area contributed by atoms with Crippen molar-refractivity contribution in [1.29, 1.82) is 0 Å². The number of H-pyrrole nitrogens is 1. The number of fused-ring (bicyclic) bond motifs is 1. The second kappa shape index (κ2) is 10.3. The number of aromatic nitrogens is 2. The van der Waals surface area contributed by atoms with Crippen LogP contribution in [0.2, 0.25) is 0 Å². The molecule has 1 aromatic heterocycles. The maximum absolute atomic E-state index is 6.07. The predicted molar refractivity (Wildman–Crippen MR) is 141 cm³/mol. The molecule has 0 unspecified atom stereocenters. The Morgan fingerprint density at radius 2 is 1.71 bits per heavy atom. The Morgan fingerprint density at radius 3 is 2.44 bits per heavy atom. The zero-order valence-corrected chi connectivity index (χ0v) is 20.1. The highest BCUT2D eigenvalue weighted by molar-refractivity contribution is 6.00. The summed E-state index contributed by atoms with van der Waals surface area (Å²) in [5.74, 6) is 1.81. The molecule has 0 saturated carbocycles. The second-order valence-electron chi connectivity index (χ2n) is 9.15. The molecule has 4 aromatic rings. The van der Waals surface area contributed by atoms with Crippen molar-refractivity contribution in [3.05, 3.63) is 95.7 Å². The van der Waals surface area contributed by atoms with E-state index < -0.39 is 0 Å². The molecule has 0 aliphatic carbocycles. The number of allylic oxidation sites excluding steroid dienone is 1. The largest absolute Gasteiger partial charge is 0.492 e. The zero-order chi connectivity index (χ0) is 23.3. The first-order valence-electron chi connectivity index (χ1n) is 12.4. The van der Waals surface area contributed by atoms with Crippen LogP contribution in [0.25, 0.3) is 22.0 Å². The number of ether oxygens (including phenoxy) is 1. The molecule has 0 radical (unpaired) electrons. The van der Waals surface area contributed by atoms with E-state index in [1.54, 1.807) is 0 Å². The summed E-state index contributed by atoms with van der Waals surface area (Å²) in [6.07, 6.45) is 4.11. The number of likely N-dealkylation sites (tertiary alicyclic amines) is 1. The van der Waals surface area contributed by atoms with Gasteiger partial charge >= 0.3 is 0 Å². The molecule has 174 valence electrons. The summed E-state index contributed by atoms with van der Waals surface area (Å²) >= 11 is 0. The fourth-order valence-corrected chi connectivity index (χ4v) is 4.91. The van der Waals surface area contributed by atoms with Gasteiger partial charge < -0.3 is 4.74 Å². The van der Waals surface area contributed by atoms with Crippen LogP contribution in [0, 0.1) is 5.92 Å². The third-order valence-corrected chi connectivity index (χ3v) is 6.94. The third kappa shape index (κ3) is 4.78. The van der Waals surface area contributed by atoms with Crippen molar-refractivity contribution in [1.82, 2.24) is 15.1 Å². The van der Waals surface area contributed by atoms with E-state index in [1.165, 1.54) is 47.3 Å². The van der Waals surface area contributed by atoms with E-state index >= 15 is 0 Å². The molecular formula is C30H33N3O. The molecular weight excluding hydrogens is 418 g/mol. The third-order valence-electron chi connectivity index (χ3n) is 6.94. The molecule has 34 heavy (non-hydrogen) atoms. The van der Waals surface area contributed by atoms with Gasteiger partial charge in [-0.15, -0.1) is 0 Å². The van der Waals surface area contributed by atoms with Gasteiger partial charge in [-0.2, -0.15) is 5.10 Å². The molecule has 2 heterocycles. The van der Waals surface area contributed by atoms with Crippen molar-refractivity contribution in [3.63, 3.8) is 0 Å². The predicted octanol–water partition coefficient (Wildman–Crippen LogP) is 6.65. The first-order valence-corrected chi connectivity index (χ1v) is 12.4. The highest BCUT2D eigenvalue weighted by Crippen LogP contribution is 2.36. The van der Waals surface area contributed by atoms with Crippen LogP contribution in [0.15, 0.2) is 79.0 Å².